The van der Waals surface area contributed by atoms with Gasteiger partial charge in [-0.3, -0.25) is 9.38 Å². The van der Waals surface area contributed by atoms with Crippen molar-refractivity contribution in [3.05, 3.63) is 53.3 Å². The molecule has 8 heteroatoms. The van der Waals surface area contributed by atoms with Gasteiger partial charge >= 0.3 is 6.03 Å². The zero-order valence-corrected chi connectivity index (χ0v) is 16.5. The molecule has 0 atom stereocenters. The van der Waals surface area contributed by atoms with Crippen molar-refractivity contribution in [2.24, 2.45) is 4.99 Å². The van der Waals surface area contributed by atoms with Gasteiger partial charge in [-0.2, -0.15) is 0 Å². The van der Waals surface area contributed by atoms with Gasteiger partial charge in [-0.1, -0.05) is 30.4 Å². The number of benzene rings is 1. The number of rotatable bonds is 5. The van der Waals surface area contributed by atoms with Gasteiger partial charge in [0.2, 0.25) is 0 Å². The largest absolute Gasteiger partial charge is 0.344 e. The Morgan fingerprint density at radius 3 is 2.79 bits per heavy atom. The Bertz CT molecular complexity index is 775. The maximum atomic E-state index is 12.9. The fraction of sp³-hybridized carbons (Fsp3) is 0.429. The highest BCUT2D eigenvalue weighted by molar-refractivity contribution is 6.00. The Labute approximate surface area is 169 Å². The average Bonchev–Trinajstić information content (AvgIpc) is 2.90. The van der Waals surface area contributed by atoms with Gasteiger partial charge in [0.1, 0.15) is 5.84 Å². The van der Waals surface area contributed by atoms with Gasteiger partial charge in [0.25, 0.3) is 6.43 Å². The molecule has 2 amide bonds. The minimum absolute atomic E-state index is 0.122. The van der Waals surface area contributed by atoms with Gasteiger partial charge < -0.3 is 16.0 Å². The molecule has 0 aliphatic carbocycles. The van der Waals surface area contributed by atoms with Crippen molar-refractivity contribution in [2.75, 3.05) is 25.1 Å². The number of hydrogen-bond donors (Lipinski definition) is 3. The summed E-state index contributed by atoms with van der Waals surface area (Å²) in [5, 5.41) is 8.52. The molecule has 1 aromatic carbocycles. The van der Waals surface area contributed by atoms with E-state index in [0.717, 1.165) is 37.3 Å². The van der Waals surface area contributed by atoms with Gasteiger partial charge in [0.15, 0.2) is 0 Å². The number of nitrogens with zero attached hydrogens (tertiary/aromatic N) is 1. The predicted molar refractivity (Wildman–Crippen MR) is 110 cm³/mol. The molecular weight excluding hydrogens is 381 g/mol. The van der Waals surface area contributed by atoms with Crippen molar-refractivity contribution >= 4 is 17.6 Å². The third-order valence-electron chi connectivity index (χ3n) is 4.31. The first-order valence-electron chi connectivity index (χ1n) is 9.73. The molecule has 158 valence electrons. The molecule has 0 unspecified atom stereocenters. The van der Waals surface area contributed by atoms with Crippen LogP contribution in [0.2, 0.25) is 0 Å². The summed E-state index contributed by atoms with van der Waals surface area (Å²) in [5.41, 5.74) is 2.18. The van der Waals surface area contributed by atoms with E-state index in [4.69, 9.17) is 0 Å². The molecule has 0 spiro atoms. The van der Waals surface area contributed by atoms with Crippen LogP contribution in [-0.4, -0.2) is 31.6 Å². The summed E-state index contributed by atoms with van der Waals surface area (Å²) in [5.74, 6) is 0.926. The number of nitrogens with one attached hydrogen (secondary N) is 3. The van der Waals surface area contributed by atoms with E-state index >= 15 is 0 Å². The quantitative estimate of drug-likeness (QED) is 0.634. The molecule has 3 rings (SSSR count). The summed E-state index contributed by atoms with van der Waals surface area (Å²) < 4.78 is 36.2. The molecule has 2 aliphatic heterocycles. The number of carbonyl (C=O) groups is 1. The lowest BCUT2D eigenvalue weighted by molar-refractivity contribution is 0.152. The zero-order valence-electron chi connectivity index (χ0n) is 16.5. The summed E-state index contributed by atoms with van der Waals surface area (Å²) >= 11 is 0. The maximum Gasteiger partial charge on any atom is 0.319 e. The van der Waals surface area contributed by atoms with Crippen LogP contribution >= 0.6 is 0 Å². The standard InChI is InChI=1S/C19H22F2N4O.C2H5F/c20-17(21)15-8-1-2-9-16(15)25-19(26)23-12-10-14-7-3-5-13-6-4-11-22-18(13)24-14;1-2-3/h1-2,5,7-9,17H,3-4,6,10-12H2,(H,22,24)(H2,23,25,26);2H2,1H3. The smallest absolute Gasteiger partial charge is 0.319 e. The second-order valence-electron chi connectivity index (χ2n) is 6.44. The van der Waals surface area contributed by atoms with Crippen LogP contribution in [0.3, 0.4) is 0 Å². The molecule has 1 aromatic rings. The Morgan fingerprint density at radius 1 is 1.28 bits per heavy atom. The van der Waals surface area contributed by atoms with Crippen molar-refractivity contribution in [2.45, 2.75) is 39.0 Å². The van der Waals surface area contributed by atoms with E-state index in [1.54, 1.807) is 6.07 Å². The van der Waals surface area contributed by atoms with Gasteiger partial charge in [0, 0.05) is 30.8 Å². The fourth-order valence-electron chi connectivity index (χ4n) is 2.99. The van der Waals surface area contributed by atoms with Crippen LogP contribution in [-0.2, 0) is 0 Å². The van der Waals surface area contributed by atoms with E-state index in [-0.39, 0.29) is 17.9 Å². The Kier molecular flexibility index (Phi) is 9.27. The van der Waals surface area contributed by atoms with E-state index in [0.29, 0.717) is 13.0 Å². The first kappa shape index (κ1) is 22.5. The number of carbonyl (C=O) groups excluding carboxylic acids is 1. The molecule has 0 saturated heterocycles. The lowest BCUT2D eigenvalue weighted by Gasteiger charge is -2.18. The van der Waals surface area contributed by atoms with Crippen molar-refractivity contribution in [1.82, 2.24) is 10.6 Å². The lowest BCUT2D eigenvalue weighted by Crippen LogP contribution is -2.32. The molecule has 2 heterocycles. The number of amides is 2. The monoisotopic (exact) mass is 408 g/mol. The normalized spacial score (nSPS) is 15.4. The maximum absolute atomic E-state index is 12.9. The minimum Gasteiger partial charge on any atom is -0.344 e. The van der Waals surface area contributed by atoms with Crippen LogP contribution in [0.4, 0.5) is 23.7 Å². The zero-order chi connectivity index (χ0) is 21.1. The topological polar surface area (TPSA) is 65.5 Å². The van der Waals surface area contributed by atoms with Crippen molar-refractivity contribution < 1.29 is 18.0 Å². The van der Waals surface area contributed by atoms with Crippen LogP contribution in [0.15, 0.2) is 52.7 Å². The van der Waals surface area contributed by atoms with Crippen molar-refractivity contribution in [1.29, 1.82) is 0 Å². The third kappa shape index (κ3) is 7.29. The fourth-order valence-corrected chi connectivity index (χ4v) is 2.99. The summed E-state index contributed by atoms with van der Waals surface area (Å²) in [6, 6.07) is 5.39. The van der Waals surface area contributed by atoms with E-state index in [1.165, 1.54) is 30.7 Å². The number of anilines is 1. The highest BCUT2D eigenvalue weighted by Gasteiger charge is 2.16. The Hall–Kier alpha value is -2.77. The molecular formula is C21H27F3N4O. The van der Waals surface area contributed by atoms with Gasteiger partial charge in [-0.25, -0.2) is 13.6 Å². The van der Waals surface area contributed by atoms with E-state index in [1.807, 2.05) is 0 Å². The second kappa shape index (κ2) is 11.9. The number of halogens is 3. The van der Waals surface area contributed by atoms with Crippen LogP contribution in [0.25, 0.3) is 0 Å². The molecule has 3 N–H and O–H groups in total. The Balaban J connectivity index is 0.000000941. The number of fused-ring (bicyclic) bond motifs is 1. The van der Waals surface area contributed by atoms with Crippen LogP contribution < -0.4 is 16.0 Å². The minimum atomic E-state index is -2.63. The van der Waals surface area contributed by atoms with E-state index in [9.17, 15) is 18.0 Å². The van der Waals surface area contributed by atoms with Crippen molar-refractivity contribution in [3.8, 4) is 0 Å². The molecule has 5 nitrogen and oxygen atoms in total. The first-order chi connectivity index (χ1) is 14.0. The SMILES string of the molecule is CCF.O=C(NCCC1=CCC=C2CCCN=C2N1)Nc1ccccc1C(F)F. The van der Waals surface area contributed by atoms with E-state index in [2.05, 4.69) is 33.1 Å². The third-order valence-corrected chi connectivity index (χ3v) is 4.31. The summed E-state index contributed by atoms with van der Waals surface area (Å²) in [7, 11) is 0. The predicted octanol–water partition coefficient (Wildman–Crippen LogP) is 5.11. The first-order valence-corrected chi connectivity index (χ1v) is 9.73. The van der Waals surface area contributed by atoms with Gasteiger partial charge in [0.05, 0.1) is 12.4 Å². The summed E-state index contributed by atoms with van der Waals surface area (Å²) in [4.78, 5) is 16.5. The lowest BCUT2D eigenvalue weighted by atomic mass is 10.1. The molecule has 0 fully saturated rings. The Morgan fingerprint density at radius 2 is 2.03 bits per heavy atom. The molecule has 2 aliphatic rings. The number of urea groups is 1. The highest BCUT2D eigenvalue weighted by atomic mass is 19.3. The molecule has 29 heavy (non-hydrogen) atoms. The number of allylic oxidation sites excluding steroid dienone is 2. The average molecular weight is 408 g/mol. The summed E-state index contributed by atoms with van der Waals surface area (Å²) in [6.45, 7) is 2.43. The van der Waals surface area contributed by atoms with Gasteiger partial charge in [-0.15, -0.1) is 0 Å². The van der Waals surface area contributed by atoms with E-state index < -0.39 is 12.5 Å². The van der Waals surface area contributed by atoms with Crippen molar-refractivity contribution in [3.63, 3.8) is 0 Å². The van der Waals surface area contributed by atoms with Crippen LogP contribution in [0.1, 0.15) is 44.6 Å². The van der Waals surface area contributed by atoms with Crippen LogP contribution in [0.5, 0.6) is 0 Å². The summed E-state index contributed by atoms with van der Waals surface area (Å²) in [6.07, 6.45) is 5.20. The molecule has 0 aromatic heterocycles. The molecule has 0 radical (unpaired) electrons. The number of para-hydroxylation sites is 1. The number of aliphatic imine (C=N–C) groups is 1. The van der Waals surface area contributed by atoms with Crippen LogP contribution in [0, 0.1) is 0 Å². The molecule has 0 bridgehead atoms. The number of amidine groups is 1. The number of hydrogen-bond acceptors (Lipinski definition) is 3. The number of alkyl halides is 3. The molecule has 0 saturated carbocycles. The van der Waals surface area contributed by atoms with Gasteiger partial charge in [-0.05, 0) is 37.8 Å². The highest BCUT2D eigenvalue weighted by Crippen LogP contribution is 2.26. The second-order valence-corrected chi connectivity index (χ2v) is 6.44.